The van der Waals surface area contributed by atoms with Crippen LogP contribution < -0.4 is 5.49 Å². The zero-order chi connectivity index (χ0) is 8.97. The van der Waals surface area contributed by atoms with Gasteiger partial charge in [0, 0.05) is 23.5 Å². The van der Waals surface area contributed by atoms with E-state index in [1.54, 1.807) is 10.8 Å². The van der Waals surface area contributed by atoms with Crippen LogP contribution in [0.4, 0.5) is 0 Å². The van der Waals surface area contributed by atoms with Gasteiger partial charge >= 0.3 is 0 Å². The molecule has 1 rings (SSSR count). The van der Waals surface area contributed by atoms with Gasteiger partial charge in [-0.25, -0.2) is 4.99 Å². The van der Waals surface area contributed by atoms with Gasteiger partial charge in [0.25, 0.3) is 0 Å². The van der Waals surface area contributed by atoms with Crippen LogP contribution in [0, 0.1) is 0 Å². The fourth-order valence-corrected chi connectivity index (χ4v) is 1.02. The third kappa shape index (κ3) is 1.89. The Bertz CT molecular complexity index is 363. The molecule has 62 valence electrons. The molecule has 2 nitrogen and oxygen atoms in total. The highest BCUT2D eigenvalue weighted by molar-refractivity contribution is 7.80. The Balaban J connectivity index is 3.41. The van der Waals surface area contributed by atoms with Crippen molar-refractivity contribution in [2.24, 2.45) is 4.99 Å². The minimum absolute atomic E-state index is 0.771. The second kappa shape index (κ2) is 3.97. The van der Waals surface area contributed by atoms with Gasteiger partial charge in [-0.05, 0) is 12.1 Å². The Hall–Kier alpha value is -1.22. The number of nitrogens with zero attached hydrogens (tertiary/aromatic N) is 2. The average Bonchev–Trinajstić information content (AvgIpc) is 2.05. The zero-order valence-electron chi connectivity index (χ0n) is 6.64. The van der Waals surface area contributed by atoms with Crippen LogP contribution in [-0.4, -0.2) is 4.57 Å². The SMILES string of the molecule is C=C/N=c1/cc(S)ccn1C=C. The van der Waals surface area contributed by atoms with E-state index in [9.17, 15) is 0 Å². The summed E-state index contributed by atoms with van der Waals surface area (Å²) in [5.41, 5.74) is 0.771. The molecule has 0 amide bonds. The lowest BCUT2D eigenvalue weighted by Gasteiger charge is -1.99. The number of hydrogen-bond acceptors (Lipinski definition) is 2. The summed E-state index contributed by atoms with van der Waals surface area (Å²) in [6.45, 7) is 7.17. The topological polar surface area (TPSA) is 17.3 Å². The van der Waals surface area contributed by atoms with Crippen molar-refractivity contribution in [2.75, 3.05) is 0 Å². The number of thiol groups is 1. The molecule has 0 aliphatic heterocycles. The van der Waals surface area contributed by atoms with Crippen molar-refractivity contribution < 1.29 is 0 Å². The summed E-state index contributed by atoms with van der Waals surface area (Å²) in [4.78, 5) is 4.91. The first-order valence-electron chi connectivity index (χ1n) is 3.46. The largest absolute Gasteiger partial charge is 0.309 e. The van der Waals surface area contributed by atoms with Crippen LogP contribution in [-0.2, 0) is 0 Å². The number of pyridine rings is 1. The van der Waals surface area contributed by atoms with Crippen LogP contribution in [0.5, 0.6) is 0 Å². The first-order valence-corrected chi connectivity index (χ1v) is 3.91. The first kappa shape index (κ1) is 8.87. The summed E-state index contributed by atoms with van der Waals surface area (Å²) in [7, 11) is 0. The maximum Gasteiger partial charge on any atom is 0.137 e. The molecule has 1 aromatic rings. The van der Waals surface area contributed by atoms with Gasteiger partial charge in [-0.2, -0.15) is 0 Å². The van der Waals surface area contributed by atoms with E-state index in [2.05, 4.69) is 30.8 Å². The minimum atomic E-state index is 0.771. The maximum absolute atomic E-state index is 4.19. The number of aromatic nitrogens is 1. The summed E-state index contributed by atoms with van der Waals surface area (Å²) >= 11 is 4.19. The fraction of sp³-hybridized carbons (Fsp3) is 0. The van der Waals surface area contributed by atoms with E-state index < -0.39 is 0 Å². The molecule has 0 aliphatic carbocycles. The van der Waals surface area contributed by atoms with Crippen molar-refractivity contribution >= 4 is 18.8 Å². The fourth-order valence-electron chi connectivity index (χ4n) is 0.840. The number of rotatable bonds is 2. The minimum Gasteiger partial charge on any atom is -0.309 e. The van der Waals surface area contributed by atoms with Crippen molar-refractivity contribution in [3.05, 3.63) is 43.2 Å². The van der Waals surface area contributed by atoms with Gasteiger partial charge in [0.05, 0.1) is 0 Å². The molecule has 0 radical (unpaired) electrons. The van der Waals surface area contributed by atoms with Crippen molar-refractivity contribution in [3.63, 3.8) is 0 Å². The Labute approximate surface area is 77.0 Å². The normalized spacial score (nSPS) is 11.2. The van der Waals surface area contributed by atoms with Crippen LogP contribution >= 0.6 is 12.6 Å². The van der Waals surface area contributed by atoms with Crippen molar-refractivity contribution in [1.29, 1.82) is 0 Å². The second-order valence-corrected chi connectivity index (χ2v) is 2.66. The molecule has 0 N–H and O–H groups in total. The molecule has 1 heterocycles. The van der Waals surface area contributed by atoms with E-state index in [1.165, 1.54) is 6.20 Å². The Kier molecular flexibility index (Phi) is 2.94. The van der Waals surface area contributed by atoms with Crippen molar-refractivity contribution in [2.45, 2.75) is 4.90 Å². The lowest BCUT2D eigenvalue weighted by molar-refractivity contribution is 0.988. The quantitative estimate of drug-likeness (QED) is 0.667. The van der Waals surface area contributed by atoms with Crippen molar-refractivity contribution in [3.8, 4) is 0 Å². The van der Waals surface area contributed by atoms with Crippen LogP contribution in [0.25, 0.3) is 6.20 Å². The van der Waals surface area contributed by atoms with Gasteiger partial charge < -0.3 is 4.57 Å². The van der Waals surface area contributed by atoms with Gasteiger partial charge in [-0.3, -0.25) is 0 Å². The summed E-state index contributed by atoms with van der Waals surface area (Å²) in [5, 5.41) is 0. The predicted molar refractivity (Wildman–Crippen MR) is 53.8 cm³/mol. The van der Waals surface area contributed by atoms with Crippen LogP contribution in [0.2, 0.25) is 0 Å². The Morgan fingerprint density at radius 1 is 1.50 bits per heavy atom. The zero-order valence-corrected chi connectivity index (χ0v) is 7.54. The summed E-state index contributed by atoms with van der Waals surface area (Å²) in [6, 6.07) is 3.71. The van der Waals surface area contributed by atoms with E-state index in [0.717, 1.165) is 10.4 Å². The molecule has 0 spiro atoms. The monoisotopic (exact) mass is 178 g/mol. The first-order chi connectivity index (χ1) is 5.77. The molecular weight excluding hydrogens is 168 g/mol. The van der Waals surface area contributed by atoms with Crippen LogP contribution in [0.3, 0.4) is 0 Å². The molecule has 1 aromatic heterocycles. The van der Waals surface area contributed by atoms with Gasteiger partial charge in [0.2, 0.25) is 0 Å². The standard InChI is InChI=1S/C9H10N2S/c1-3-10-9-7-8(12)5-6-11(9)4-2/h3-7,12H,1-2H2/b10-9-. The van der Waals surface area contributed by atoms with E-state index in [4.69, 9.17) is 0 Å². The molecule has 3 heteroatoms. The maximum atomic E-state index is 4.19. The van der Waals surface area contributed by atoms with E-state index >= 15 is 0 Å². The second-order valence-electron chi connectivity index (χ2n) is 2.14. The third-order valence-corrected chi connectivity index (χ3v) is 1.65. The average molecular weight is 178 g/mol. The highest BCUT2D eigenvalue weighted by Crippen LogP contribution is 1.99. The summed E-state index contributed by atoms with van der Waals surface area (Å²) in [6.07, 6.45) is 5.01. The predicted octanol–water partition coefficient (Wildman–Crippen LogP) is 1.92. The van der Waals surface area contributed by atoms with Gasteiger partial charge in [0.1, 0.15) is 5.49 Å². The van der Waals surface area contributed by atoms with Gasteiger partial charge in [-0.15, -0.1) is 12.6 Å². The molecule has 0 saturated heterocycles. The lowest BCUT2D eigenvalue weighted by atomic mass is 10.5. The van der Waals surface area contributed by atoms with Crippen LogP contribution in [0.1, 0.15) is 0 Å². The molecule has 12 heavy (non-hydrogen) atoms. The molecular formula is C9H10N2S. The summed E-state index contributed by atoms with van der Waals surface area (Å²) < 4.78 is 1.79. The summed E-state index contributed by atoms with van der Waals surface area (Å²) in [5.74, 6) is 0. The highest BCUT2D eigenvalue weighted by atomic mass is 32.1. The smallest absolute Gasteiger partial charge is 0.137 e. The lowest BCUT2D eigenvalue weighted by Crippen LogP contribution is -2.14. The third-order valence-electron chi connectivity index (χ3n) is 1.37. The van der Waals surface area contributed by atoms with Crippen LogP contribution in [0.15, 0.2) is 47.6 Å². The Morgan fingerprint density at radius 2 is 2.25 bits per heavy atom. The molecule has 0 fully saturated rings. The molecule has 0 aliphatic rings. The molecule has 0 unspecified atom stereocenters. The van der Waals surface area contributed by atoms with Gasteiger partial charge in [0.15, 0.2) is 0 Å². The Morgan fingerprint density at radius 3 is 2.83 bits per heavy atom. The molecule has 0 bridgehead atoms. The van der Waals surface area contributed by atoms with E-state index in [-0.39, 0.29) is 0 Å². The molecule has 0 aromatic carbocycles. The number of hydrogen-bond donors (Lipinski definition) is 1. The van der Waals surface area contributed by atoms with Gasteiger partial charge in [-0.1, -0.05) is 13.2 Å². The highest BCUT2D eigenvalue weighted by Gasteiger charge is 1.88. The van der Waals surface area contributed by atoms with E-state index in [0.29, 0.717) is 0 Å². The molecule has 0 saturated carbocycles. The molecule has 0 atom stereocenters. The van der Waals surface area contributed by atoms with Crippen molar-refractivity contribution in [1.82, 2.24) is 4.57 Å². The van der Waals surface area contributed by atoms with E-state index in [1.807, 2.05) is 18.3 Å².